The van der Waals surface area contributed by atoms with E-state index < -0.39 is 0 Å². The monoisotopic (exact) mass is 413 g/mol. The molecule has 162 valence electrons. The Kier molecular flexibility index (Phi) is 8.08. The van der Waals surface area contributed by atoms with Gasteiger partial charge in [-0.15, -0.1) is 0 Å². The van der Waals surface area contributed by atoms with Gasteiger partial charge in [-0.1, -0.05) is 0 Å². The number of piperazine rings is 1. The first-order valence-corrected chi connectivity index (χ1v) is 10.3. The molecule has 0 amide bonds. The van der Waals surface area contributed by atoms with Gasteiger partial charge in [-0.05, 0) is 25.1 Å². The lowest BCUT2D eigenvalue weighted by molar-refractivity contribution is 0.260. The van der Waals surface area contributed by atoms with Gasteiger partial charge in [0.15, 0.2) is 17.5 Å². The minimum absolute atomic E-state index is 0.596. The molecule has 0 bridgehead atoms. The number of ether oxygens (including phenoxy) is 2. The maximum atomic E-state index is 5.57. The van der Waals surface area contributed by atoms with Crippen LogP contribution in [-0.2, 0) is 0 Å². The number of aromatic nitrogens is 2. The Balaban J connectivity index is 1.43. The van der Waals surface area contributed by atoms with Crippen LogP contribution in [0.5, 0.6) is 11.5 Å². The standard InChI is InChI=1S/C21H31N7O2/c1-4-30-18-7-6-17(16-19(18)29-3)26-20(22-2)23-10-11-27-12-14-28(15-13-27)21-24-8-5-9-25-21/h5-9,16H,4,10-15H2,1-3H3,(H2,22,23,26). The van der Waals surface area contributed by atoms with Gasteiger partial charge in [-0.2, -0.15) is 0 Å². The molecular formula is C21H31N7O2. The lowest BCUT2D eigenvalue weighted by Crippen LogP contribution is -2.49. The van der Waals surface area contributed by atoms with E-state index in [4.69, 9.17) is 9.47 Å². The number of guanidine groups is 1. The van der Waals surface area contributed by atoms with E-state index in [1.54, 1.807) is 26.6 Å². The molecule has 30 heavy (non-hydrogen) atoms. The molecule has 0 radical (unpaired) electrons. The third kappa shape index (κ3) is 5.96. The SMILES string of the molecule is CCOc1ccc(NC(=NC)NCCN2CCN(c3ncccn3)CC2)cc1OC. The Bertz CT molecular complexity index is 808. The van der Waals surface area contributed by atoms with Crippen molar-refractivity contribution in [2.24, 2.45) is 4.99 Å². The predicted octanol–water partition coefficient (Wildman–Crippen LogP) is 1.69. The Hall–Kier alpha value is -3.07. The topological polar surface area (TPSA) is 87.1 Å². The van der Waals surface area contributed by atoms with Crippen molar-refractivity contribution in [2.45, 2.75) is 6.92 Å². The lowest BCUT2D eigenvalue weighted by Gasteiger charge is -2.34. The average molecular weight is 414 g/mol. The normalized spacial score (nSPS) is 15.0. The second-order valence-corrected chi connectivity index (χ2v) is 6.80. The number of benzene rings is 1. The van der Waals surface area contributed by atoms with Crippen LogP contribution in [0.4, 0.5) is 11.6 Å². The molecule has 0 atom stereocenters. The fraction of sp³-hybridized carbons (Fsp3) is 0.476. The van der Waals surface area contributed by atoms with Gasteiger partial charge in [-0.25, -0.2) is 9.97 Å². The summed E-state index contributed by atoms with van der Waals surface area (Å²) in [6.07, 6.45) is 3.58. The number of nitrogens with one attached hydrogen (secondary N) is 2. The van der Waals surface area contributed by atoms with Crippen LogP contribution in [0.3, 0.4) is 0 Å². The van der Waals surface area contributed by atoms with Crippen molar-refractivity contribution >= 4 is 17.6 Å². The van der Waals surface area contributed by atoms with Crippen LogP contribution in [0.1, 0.15) is 6.92 Å². The highest BCUT2D eigenvalue weighted by Crippen LogP contribution is 2.30. The molecule has 9 heteroatoms. The molecule has 0 saturated carbocycles. The molecule has 0 spiro atoms. The molecule has 2 aromatic rings. The van der Waals surface area contributed by atoms with Gasteiger partial charge in [0.05, 0.1) is 13.7 Å². The van der Waals surface area contributed by atoms with Gasteiger partial charge in [0, 0.05) is 70.5 Å². The summed E-state index contributed by atoms with van der Waals surface area (Å²) in [6.45, 7) is 8.13. The van der Waals surface area contributed by atoms with Gasteiger partial charge in [0.2, 0.25) is 5.95 Å². The third-order valence-electron chi connectivity index (χ3n) is 4.88. The number of hydrogen-bond acceptors (Lipinski definition) is 7. The van der Waals surface area contributed by atoms with Gasteiger partial charge in [0.1, 0.15) is 0 Å². The number of rotatable bonds is 8. The molecule has 0 unspecified atom stereocenters. The van der Waals surface area contributed by atoms with Gasteiger partial charge in [-0.3, -0.25) is 9.89 Å². The van der Waals surface area contributed by atoms with Crippen molar-refractivity contribution in [2.75, 3.05) is 70.2 Å². The van der Waals surface area contributed by atoms with Crippen molar-refractivity contribution in [3.05, 3.63) is 36.7 Å². The molecule has 1 aromatic heterocycles. The fourth-order valence-corrected chi connectivity index (χ4v) is 3.29. The summed E-state index contributed by atoms with van der Waals surface area (Å²) in [5.74, 6) is 2.95. The fourth-order valence-electron chi connectivity index (χ4n) is 3.29. The van der Waals surface area contributed by atoms with E-state index in [9.17, 15) is 0 Å². The lowest BCUT2D eigenvalue weighted by atomic mass is 10.2. The zero-order chi connectivity index (χ0) is 21.2. The summed E-state index contributed by atoms with van der Waals surface area (Å²) >= 11 is 0. The maximum Gasteiger partial charge on any atom is 0.225 e. The van der Waals surface area contributed by atoms with E-state index in [0.717, 1.165) is 62.6 Å². The second-order valence-electron chi connectivity index (χ2n) is 6.80. The Morgan fingerprint density at radius 1 is 1.13 bits per heavy atom. The molecule has 1 aliphatic rings. The Labute approximate surface area is 178 Å². The summed E-state index contributed by atoms with van der Waals surface area (Å²) in [6, 6.07) is 7.59. The molecule has 1 aliphatic heterocycles. The smallest absolute Gasteiger partial charge is 0.225 e. The highest BCUT2D eigenvalue weighted by Gasteiger charge is 2.18. The zero-order valence-corrected chi connectivity index (χ0v) is 18.0. The molecule has 9 nitrogen and oxygen atoms in total. The van der Waals surface area contributed by atoms with E-state index in [1.165, 1.54) is 0 Å². The van der Waals surface area contributed by atoms with Crippen molar-refractivity contribution in [3.8, 4) is 11.5 Å². The Morgan fingerprint density at radius 2 is 1.90 bits per heavy atom. The highest BCUT2D eigenvalue weighted by molar-refractivity contribution is 5.93. The minimum atomic E-state index is 0.596. The van der Waals surface area contributed by atoms with Gasteiger partial charge < -0.3 is 25.0 Å². The van der Waals surface area contributed by atoms with Crippen LogP contribution >= 0.6 is 0 Å². The summed E-state index contributed by atoms with van der Waals surface area (Å²) in [7, 11) is 3.40. The summed E-state index contributed by atoms with van der Waals surface area (Å²) in [5.41, 5.74) is 0.889. The molecule has 1 fully saturated rings. The summed E-state index contributed by atoms with van der Waals surface area (Å²) < 4.78 is 11.0. The van der Waals surface area contributed by atoms with Crippen LogP contribution in [0.15, 0.2) is 41.7 Å². The van der Waals surface area contributed by atoms with E-state index in [2.05, 4.69) is 35.4 Å². The minimum Gasteiger partial charge on any atom is -0.493 e. The first kappa shape index (κ1) is 21.6. The van der Waals surface area contributed by atoms with E-state index in [1.807, 2.05) is 31.2 Å². The van der Waals surface area contributed by atoms with Crippen LogP contribution in [0.25, 0.3) is 0 Å². The highest BCUT2D eigenvalue weighted by atomic mass is 16.5. The predicted molar refractivity (Wildman–Crippen MR) is 120 cm³/mol. The second kappa shape index (κ2) is 11.2. The van der Waals surface area contributed by atoms with Crippen LogP contribution in [0, 0.1) is 0 Å². The van der Waals surface area contributed by atoms with Crippen molar-refractivity contribution < 1.29 is 9.47 Å². The van der Waals surface area contributed by atoms with Crippen LogP contribution in [0.2, 0.25) is 0 Å². The maximum absolute atomic E-state index is 5.57. The zero-order valence-electron chi connectivity index (χ0n) is 18.0. The Morgan fingerprint density at radius 3 is 2.57 bits per heavy atom. The van der Waals surface area contributed by atoms with Crippen LogP contribution < -0.4 is 25.0 Å². The van der Waals surface area contributed by atoms with Gasteiger partial charge >= 0.3 is 0 Å². The molecular weight excluding hydrogens is 382 g/mol. The molecule has 1 saturated heterocycles. The molecule has 1 aromatic carbocycles. The number of hydrogen-bond donors (Lipinski definition) is 2. The van der Waals surface area contributed by atoms with Crippen molar-refractivity contribution in [1.29, 1.82) is 0 Å². The summed E-state index contributed by atoms with van der Waals surface area (Å²) in [4.78, 5) is 17.6. The largest absolute Gasteiger partial charge is 0.493 e. The van der Waals surface area contributed by atoms with E-state index >= 15 is 0 Å². The number of nitrogens with zero attached hydrogens (tertiary/aromatic N) is 5. The van der Waals surface area contributed by atoms with Crippen LogP contribution in [-0.4, -0.2) is 80.9 Å². The number of anilines is 2. The molecule has 2 N–H and O–H groups in total. The number of methoxy groups -OCH3 is 1. The first-order chi connectivity index (χ1) is 14.7. The first-order valence-electron chi connectivity index (χ1n) is 10.3. The molecule has 2 heterocycles. The van der Waals surface area contributed by atoms with E-state index in [0.29, 0.717) is 12.4 Å². The quantitative estimate of drug-likeness (QED) is 0.500. The van der Waals surface area contributed by atoms with Crippen molar-refractivity contribution in [3.63, 3.8) is 0 Å². The molecule has 0 aliphatic carbocycles. The summed E-state index contributed by atoms with van der Waals surface area (Å²) in [5, 5.41) is 6.67. The van der Waals surface area contributed by atoms with E-state index in [-0.39, 0.29) is 0 Å². The molecule has 3 rings (SSSR count). The third-order valence-corrected chi connectivity index (χ3v) is 4.88. The number of aliphatic imine (C=N–C) groups is 1. The van der Waals surface area contributed by atoms with Gasteiger partial charge in [0.25, 0.3) is 0 Å². The van der Waals surface area contributed by atoms with Crippen molar-refractivity contribution in [1.82, 2.24) is 20.2 Å². The average Bonchev–Trinajstić information content (AvgIpc) is 2.80.